The summed E-state index contributed by atoms with van der Waals surface area (Å²) in [6.07, 6.45) is 4.31. The number of nitrogens with one attached hydrogen (secondary N) is 1. The first kappa shape index (κ1) is 12.8. The highest BCUT2D eigenvalue weighted by molar-refractivity contribution is 7.15. The van der Waals surface area contributed by atoms with Crippen LogP contribution in [0.15, 0.2) is 30.5 Å². The molecule has 0 unspecified atom stereocenters. The smallest absolute Gasteiger partial charge is 0.113 e. The van der Waals surface area contributed by atoms with E-state index >= 15 is 0 Å². The van der Waals surface area contributed by atoms with Gasteiger partial charge >= 0.3 is 0 Å². The number of benzene rings is 1. The molecule has 1 aliphatic rings. The molecular weight excluding hydrogens is 278 g/mol. The minimum absolute atomic E-state index is 0.723. The van der Waals surface area contributed by atoms with Crippen molar-refractivity contribution in [1.29, 1.82) is 0 Å². The highest BCUT2D eigenvalue weighted by atomic mass is 35.5. The Morgan fingerprint density at radius 1 is 1.21 bits per heavy atom. The minimum Gasteiger partial charge on any atom is -0.379 e. The van der Waals surface area contributed by atoms with Crippen LogP contribution in [0, 0.1) is 0 Å². The minimum atomic E-state index is 0.723. The summed E-state index contributed by atoms with van der Waals surface area (Å²) in [4.78, 5) is 6.66. The molecule has 1 N–H and O–H groups in total. The van der Waals surface area contributed by atoms with Crippen molar-refractivity contribution < 1.29 is 0 Å². The highest BCUT2D eigenvalue weighted by Crippen LogP contribution is 2.23. The van der Waals surface area contributed by atoms with E-state index in [2.05, 4.69) is 39.5 Å². The van der Waals surface area contributed by atoms with E-state index in [-0.39, 0.29) is 0 Å². The van der Waals surface area contributed by atoms with Crippen molar-refractivity contribution in [2.45, 2.75) is 19.4 Å². The molecular formula is C14H16ClN3S. The molecule has 0 atom stereocenters. The summed E-state index contributed by atoms with van der Waals surface area (Å²) in [6.45, 7) is 3.09. The Kier molecular flexibility index (Phi) is 3.89. The Morgan fingerprint density at radius 2 is 1.95 bits per heavy atom. The van der Waals surface area contributed by atoms with Gasteiger partial charge in [0.15, 0.2) is 0 Å². The molecule has 1 aromatic heterocycles. The molecule has 100 valence electrons. The molecule has 1 aliphatic heterocycles. The largest absolute Gasteiger partial charge is 0.379 e. The zero-order valence-corrected chi connectivity index (χ0v) is 12.2. The molecule has 0 bridgehead atoms. The summed E-state index contributed by atoms with van der Waals surface area (Å²) in [6, 6.07) is 8.62. The molecule has 0 radical (unpaired) electrons. The van der Waals surface area contributed by atoms with E-state index in [4.69, 9.17) is 11.6 Å². The van der Waals surface area contributed by atoms with Gasteiger partial charge in [0.05, 0.1) is 12.7 Å². The third-order valence-corrected chi connectivity index (χ3v) is 4.42. The van der Waals surface area contributed by atoms with Crippen LogP contribution in [0.3, 0.4) is 0 Å². The van der Waals surface area contributed by atoms with E-state index in [1.54, 1.807) is 6.20 Å². The van der Waals surface area contributed by atoms with Gasteiger partial charge in [-0.15, -0.1) is 11.3 Å². The third kappa shape index (κ3) is 3.19. The van der Waals surface area contributed by atoms with E-state index in [1.165, 1.54) is 43.0 Å². The molecule has 0 amide bonds. The zero-order valence-electron chi connectivity index (χ0n) is 10.6. The summed E-state index contributed by atoms with van der Waals surface area (Å²) < 4.78 is 0.737. The fraction of sp³-hybridized carbons (Fsp3) is 0.357. The van der Waals surface area contributed by atoms with Crippen LogP contribution in [0.1, 0.15) is 17.8 Å². The standard InChI is InChI=1S/C14H16ClN3S/c15-13-9-17-14(19-13)10-16-11-3-5-12(6-4-11)18-7-1-2-8-18/h3-6,9,16H,1-2,7-8,10H2. The molecule has 0 aliphatic carbocycles. The summed E-state index contributed by atoms with van der Waals surface area (Å²) in [5, 5.41) is 4.37. The maximum Gasteiger partial charge on any atom is 0.113 e. The quantitative estimate of drug-likeness (QED) is 0.923. The van der Waals surface area contributed by atoms with Crippen molar-refractivity contribution in [2.75, 3.05) is 23.3 Å². The number of nitrogens with zero attached hydrogens (tertiary/aromatic N) is 2. The van der Waals surface area contributed by atoms with Crippen LogP contribution in [-0.4, -0.2) is 18.1 Å². The average Bonchev–Trinajstić information content (AvgIpc) is 3.08. The second kappa shape index (κ2) is 5.80. The maximum atomic E-state index is 5.86. The molecule has 1 aromatic carbocycles. The Hall–Kier alpha value is -1.26. The first-order chi connectivity index (χ1) is 9.31. The fourth-order valence-corrected chi connectivity index (χ4v) is 3.21. The van der Waals surface area contributed by atoms with Gasteiger partial charge in [-0.1, -0.05) is 11.6 Å². The normalized spacial score (nSPS) is 14.9. The van der Waals surface area contributed by atoms with Gasteiger partial charge in [-0.2, -0.15) is 0 Å². The number of thiazole rings is 1. The Bertz CT molecular complexity index is 532. The second-order valence-electron chi connectivity index (χ2n) is 4.65. The van der Waals surface area contributed by atoms with Gasteiger partial charge in [-0.05, 0) is 37.1 Å². The van der Waals surface area contributed by atoms with E-state index in [9.17, 15) is 0 Å². The van der Waals surface area contributed by atoms with Crippen LogP contribution in [0.5, 0.6) is 0 Å². The molecule has 19 heavy (non-hydrogen) atoms. The van der Waals surface area contributed by atoms with Crippen molar-refractivity contribution in [3.63, 3.8) is 0 Å². The first-order valence-electron chi connectivity index (χ1n) is 6.50. The van der Waals surface area contributed by atoms with Crippen molar-refractivity contribution in [3.8, 4) is 0 Å². The van der Waals surface area contributed by atoms with Gasteiger partial charge in [-0.25, -0.2) is 4.98 Å². The van der Waals surface area contributed by atoms with Crippen molar-refractivity contribution >= 4 is 34.3 Å². The lowest BCUT2D eigenvalue weighted by molar-refractivity contribution is 0.949. The fourth-order valence-electron chi connectivity index (χ4n) is 2.31. The summed E-state index contributed by atoms with van der Waals surface area (Å²) >= 11 is 7.37. The van der Waals surface area contributed by atoms with Crippen molar-refractivity contribution in [2.24, 2.45) is 0 Å². The summed E-state index contributed by atoms with van der Waals surface area (Å²) in [7, 11) is 0. The lowest BCUT2D eigenvalue weighted by Crippen LogP contribution is -2.17. The Balaban J connectivity index is 1.59. The van der Waals surface area contributed by atoms with Crippen LogP contribution in [0.4, 0.5) is 11.4 Å². The van der Waals surface area contributed by atoms with Gasteiger partial charge in [0.2, 0.25) is 0 Å². The SMILES string of the molecule is Clc1cnc(CNc2ccc(N3CCCC3)cc2)s1. The molecule has 5 heteroatoms. The average molecular weight is 294 g/mol. The number of hydrogen-bond acceptors (Lipinski definition) is 4. The molecule has 2 aromatic rings. The molecule has 3 nitrogen and oxygen atoms in total. The van der Waals surface area contributed by atoms with Crippen molar-refractivity contribution in [1.82, 2.24) is 4.98 Å². The van der Waals surface area contributed by atoms with E-state index in [0.29, 0.717) is 0 Å². The Labute approximate surface area is 122 Å². The molecule has 0 saturated carbocycles. The van der Waals surface area contributed by atoms with Crippen molar-refractivity contribution in [3.05, 3.63) is 39.8 Å². The zero-order chi connectivity index (χ0) is 13.1. The molecule has 1 saturated heterocycles. The number of rotatable bonds is 4. The van der Waals surface area contributed by atoms with Crippen LogP contribution < -0.4 is 10.2 Å². The number of halogens is 1. The topological polar surface area (TPSA) is 28.2 Å². The second-order valence-corrected chi connectivity index (χ2v) is 6.40. The molecule has 2 heterocycles. The highest BCUT2D eigenvalue weighted by Gasteiger charge is 2.11. The maximum absolute atomic E-state index is 5.86. The first-order valence-corrected chi connectivity index (χ1v) is 7.70. The number of aromatic nitrogens is 1. The molecule has 1 fully saturated rings. The molecule has 3 rings (SSSR count). The monoisotopic (exact) mass is 293 g/mol. The number of anilines is 2. The van der Waals surface area contributed by atoms with E-state index in [1.807, 2.05) is 0 Å². The van der Waals surface area contributed by atoms with Crippen LogP contribution in [-0.2, 0) is 6.54 Å². The lowest BCUT2D eigenvalue weighted by Gasteiger charge is -2.17. The van der Waals surface area contributed by atoms with Crippen LogP contribution in [0.25, 0.3) is 0 Å². The Morgan fingerprint density at radius 3 is 2.58 bits per heavy atom. The lowest BCUT2D eigenvalue weighted by atomic mass is 10.2. The predicted octanol–water partition coefficient (Wildman–Crippen LogP) is 4.01. The van der Waals surface area contributed by atoms with Gasteiger partial charge in [0.1, 0.15) is 9.34 Å². The van der Waals surface area contributed by atoms with Crippen LogP contribution in [0.2, 0.25) is 4.34 Å². The summed E-state index contributed by atoms with van der Waals surface area (Å²) in [5.74, 6) is 0. The van der Waals surface area contributed by atoms with Crippen LogP contribution >= 0.6 is 22.9 Å². The van der Waals surface area contributed by atoms with Gasteiger partial charge < -0.3 is 10.2 Å². The third-order valence-electron chi connectivity index (χ3n) is 3.31. The van der Waals surface area contributed by atoms with Gasteiger partial charge in [0.25, 0.3) is 0 Å². The van der Waals surface area contributed by atoms with Gasteiger partial charge in [-0.3, -0.25) is 0 Å². The number of hydrogen-bond donors (Lipinski definition) is 1. The molecule has 0 spiro atoms. The van der Waals surface area contributed by atoms with Gasteiger partial charge in [0, 0.05) is 24.5 Å². The van der Waals surface area contributed by atoms with E-state index < -0.39 is 0 Å². The summed E-state index contributed by atoms with van der Waals surface area (Å²) in [5.41, 5.74) is 2.44. The predicted molar refractivity (Wildman–Crippen MR) is 82.3 cm³/mol. The van der Waals surface area contributed by atoms with E-state index in [0.717, 1.165) is 21.6 Å².